The van der Waals surface area contributed by atoms with E-state index in [4.69, 9.17) is 0 Å². The second-order valence-corrected chi connectivity index (χ2v) is 4.83. The van der Waals surface area contributed by atoms with E-state index < -0.39 is 0 Å². The van der Waals surface area contributed by atoms with Crippen molar-refractivity contribution in [1.29, 1.82) is 0 Å². The smallest absolute Gasteiger partial charge is 0.293 e. The highest BCUT2D eigenvalue weighted by molar-refractivity contribution is 6.06. The summed E-state index contributed by atoms with van der Waals surface area (Å²) in [4.78, 5) is 27.2. The second-order valence-electron chi connectivity index (χ2n) is 4.83. The first kappa shape index (κ1) is 12.6. The number of carbonyl (C=O) groups excluding carboxylic acids is 2. The van der Waals surface area contributed by atoms with Crippen LogP contribution in [0.15, 0.2) is 24.3 Å². The zero-order valence-electron chi connectivity index (χ0n) is 11.0. The largest absolute Gasteiger partial charge is 0.331 e. The van der Waals surface area contributed by atoms with E-state index in [2.05, 4.69) is 0 Å². The van der Waals surface area contributed by atoms with Gasteiger partial charge in [-0.25, -0.2) is 4.79 Å². The predicted octanol–water partition coefficient (Wildman–Crippen LogP) is 2.56. The fourth-order valence-electron chi connectivity index (χ4n) is 2.26. The van der Waals surface area contributed by atoms with Crippen LogP contribution in [0.1, 0.15) is 25.8 Å². The Hall–Kier alpha value is -1.84. The Morgan fingerprint density at radius 1 is 1.17 bits per heavy atom. The molecular weight excluding hydrogens is 228 g/mol. The van der Waals surface area contributed by atoms with Crippen LogP contribution in [0.25, 0.3) is 0 Å². The van der Waals surface area contributed by atoms with E-state index in [0.717, 1.165) is 11.3 Å². The van der Waals surface area contributed by atoms with Gasteiger partial charge < -0.3 is 0 Å². The van der Waals surface area contributed by atoms with E-state index in [-0.39, 0.29) is 18.0 Å². The molecule has 0 atom stereocenters. The molecule has 1 aromatic rings. The fraction of sp³-hybridized carbons (Fsp3) is 0.429. The number of hydrogen-bond donors (Lipinski definition) is 0. The third-order valence-electron chi connectivity index (χ3n) is 3.18. The molecule has 0 bridgehead atoms. The topological polar surface area (TPSA) is 40.6 Å². The Morgan fingerprint density at radius 3 is 2.44 bits per heavy atom. The maximum atomic E-state index is 12.4. The van der Waals surface area contributed by atoms with Crippen molar-refractivity contribution in [3.63, 3.8) is 0 Å². The zero-order chi connectivity index (χ0) is 13.3. The van der Waals surface area contributed by atoms with Gasteiger partial charge in [0.15, 0.2) is 0 Å². The molecule has 0 saturated carbocycles. The summed E-state index contributed by atoms with van der Waals surface area (Å²) >= 11 is 0. The first-order valence-corrected chi connectivity index (χ1v) is 6.21. The minimum absolute atomic E-state index is 0.0835. The summed E-state index contributed by atoms with van der Waals surface area (Å²) in [6.07, 6.45) is 0.387. The van der Waals surface area contributed by atoms with E-state index >= 15 is 0 Å². The molecule has 1 fully saturated rings. The lowest BCUT2D eigenvalue weighted by Crippen LogP contribution is -2.55. The third kappa shape index (κ3) is 2.10. The number of anilines is 1. The minimum atomic E-state index is -0.212. The highest BCUT2D eigenvalue weighted by atomic mass is 16.2. The Kier molecular flexibility index (Phi) is 3.36. The average Bonchev–Trinajstić information content (AvgIpc) is 2.30. The molecule has 1 aliphatic heterocycles. The lowest BCUT2D eigenvalue weighted by atomic mass is 10.1. The van der Waals surface area contributed by atoms with Gasteiger partial charge >= 0.3 is 6.03 Å². The summed E-state index contributed by atoms with van der Waals surface area (Å²) in [5, 5.41) is 0. The Labute approximate surface area is 107 Å². The van der Waals surface area contributed by atoms with Gasteiger partial charge in [0.1, 0.15) is 0 Å². The van der Waals surface area contributed by atoms with E-state index in [1.807, 2.05) is 45.0 Å². The highest BCUT2D eigenvalue weighted by Gasteiger charge is 2.34. The summed E-state index contributed by atoms with van der Waals surface area (Å²) in [5.74, 6) is -0.0835. The number of urea groups is 1. The van der Waals surface area contributed by atoms with E-state index in [0.29, 0.717) is 13.0 Å². The SMILES string of the molecule is Cc1ccccc1N1CCC(=O)N(C(C)C)C1=O. The predicted molar refractivity (Wildman–Crippen MR) is 70.5 cm³/mol. The average molecular weight is 246 g/mol. The molecule has 0 aromatic heterocycles. The molecule has 3 amide bonds. The van der Waals surface area contributed by atoms with Gasteiger partial charge in [-0.1, -0.05) is 18.2 Å². The van der Waals surface area contributed by atoms with Crippen LogP contribution in [-0.2, 0) is 4.79 Å². The normalized spacial score (nSPS) is 16.7. The van der Waals surface area contributed by atoms with Crippen LogP contribution in [0.2, 0.25) is 0 Å². The van der Waals surface area contributed by atoms with E-state index in [1.54, 1.807) is 4.90 Å². The number of benzene rings is 1. The minimum Gasteiger partial charge on any atom is -0.293 e. The van der Waals surface area contributed by atoms with Crippen LogP contribution in [0.5, 0.6) is 0 Å². The number of para-hydroxylation sites is 1. The Bertz CT molecular complexity index is 482. The van der Waals surface area contributed by atoms with Crippen LogP contribution in [-0.4, -0.2) is 29.4 Å². The van der Waals surface area contributed by atoms with Gasteiger partial charge in [0.05, 0.1) is 0 Å². The third-order valence-corrected chi connectivity index (χ3v) is 3.18. The van der Waals surface area contributed by atoms with Crippen molar-refractivity contribution in [3.8, 4) is 0 Å². The standard InChI is InChI=1S/C14H18N2O2/c1-10(2)16-13(17)8-9-15(14(16)18)12-7-5-4-6-11(12)3/h4-7,10H,8-9H2,1-3H3. The molecule has 0 aliphatic carbocycles. The number of rotatable bonds is 2. The number of amides is 3. The lowest BCUT2D eigenvalue weighted by molar-refractivity contribution is -0.130. The van der Waals surface area contributed by atoms with E-state index in [9.17, 15) is 9.59 Å². The van der Waals surface area contributed by atoms with Crippen LogP contribution in [0, 0.1) is 6.92 Å². The van der Waals surface area contributed by atoms with Gasteiger partial charge in [0.2, 0.25) is 5.91 Å². The molecule has 18 heavy (non-hydrogen) atoms. The zero-order valence-corrected chi connectivity index (χ0v) is 11.0. The monoisotopic (exact) mass is 246 g/mol. The Morgan fingerprint density at radius 2 is 1.83 bits per heavy atom. The maximum Gasteiger partial charge on any atom is 0.331 e. The maximum absolute atomic E-state index is 12.4. The highest BCUT2D eigenvalue weighted by Crippen LogP contribution is 2.24. The van der Waals surface area contributed by atoms with Gasteiger partial charge in [-0.3, -0.25) is 14.6 Å². The number of carbonyl (C=O) groups is 2. The molecule has 0 N–H and O–H groups in total. The molecule has 2 rings (SSSR count). The summed E-state index contributed by atoms with van der Waals surface area (Å²) in [6.45, 7) is 6.15. The van der Waals surface area contributed by atoms with Gasteiger partial charge in [-0.15, -0.1) is 0 Å². The van der Waals surface area contributed by atoms with Gasteiger partial charge in [-0.05, 0) is 32.4 Å². The van der Waals surface area contributed by atoms with Crippen molar-refractivity contribution in [2.24, 2.45) is 0 Å². The summed E-state index contributed by atoms with van der Waals surface area (Å²) in [6, 6.07) is 7.43. The number of imide groups is 1. The van der Waals surface area contributed by atoms with Gasteiger partial charge in [0, 0.05) is 24.7 Å². The van der Waals surface area contributed by atoms with Crippen LogP contribution >= 0.6 is 0 Å². The first-order valence-electron chi connectivity index (χ1n) is 6.21. The summed E-state index contributed by atoms with van der Waals surface area (Å²) in [5.41, 5.74) is 1.93. The van der Waals surface area contributed by atoms with Crippen LogP contribution in [0.3, 0.4) is 0 Å². The molecule has 1 aliphatic rings. The van der Waals surface area contributed by atoms with Crippen LogP contribution < -0.4 is 4.90 Å². The van der Waals surface area contributed by atoms with Crippen molar-refractivity contribution < 1.29 is 9.59 Å². The van der Waals surface area contributed by atoms with Crippen molar-refractivity contribution in [2.45, 2.75) is 33.2 Å². The van der Waals surface area contributed by atoms with Crippen molar-refractivity contribution in [3.05, 3.63) is 29.8 Å². The molecule has 1 aromatic carbocycles. The number of nitrogens with zero attached hydrogens (tertiary/aromatic N) is 2. The van der Waals surface area contributed by atoms with E-state index in [1.165, 1.54) is 4.90 Å². The summed E-state index contributed by atoms with van der Waals surface area (Å²) < 4.78 is 0. The van der Waals surface area contributed by atoms with Crippen LogP contribution in [0.4, 0.5) is 10.5 Å². The molecule has 0 unspecified atom stereocenters. The molecule has 1 heterocycles. The number of aryl methyl sites for hydroxylation is 1. The fourth-order valence-corrected chi connectivity index (χ4v) is 2.26. The molecule has 0 radical (unpaired) electrons. The van der Waals surface area contributed by atoms with Crippen molar-refractivity contribution in [1.82, 2.24) is 4.90 Å². The first-order chi connectivity index (χ1) is 8.52. The second kappa shape index (κ2) is 4.80. The summed E-state index contributed by atoms with van der Waals surface area (Å²) in [7, 11) is 0. The lowest BCUT2D eigenvalue weighted by Gasteiger charge is -2.36. The van der Waals surface area contributed by atoms with Crippen molar-refractivity contribution >= 4 is 17.6 Å². The molecule has 4 heteroatoms. The Balaban J connectivity index is 2.33. The molecule has 96 valence electrons. The van der Waals surface area contributed by atoms with Crippen molar-refractivity contribution in [2.75, 3.05) is 11.4 Å². The molecular formula is C14H18N2O2. The quantitative estimate of drug-likeness (QED) is 0.804. The number of hydrogen-bond acceptors (Lipinski definition) is 2. The molecule has 1 saturated heterocycles. The van der Waals surface area contributed by atoms with Gasteiger partial charge in [-0.2, -0.15) is 0 Å². The molecule has 0 spiro atoms. The molecule has 4 nitrogen and oxygen atoms in total. The van der Waals surface area contributed by atoms with Gasteiger partial charge in [0.25, 0.3) is 0 Å².